The molecule has 0 aromatic rings. The molecule has 0 aromatic carbocycles. The van der Waals surface area contributed by atoms with Gasteiger partial charge in [-0.3, -0.25) is 0 Å². The molecule has 194 valence electrons. The van der Waals surface area contributed by atoms with Gasteiger partial charge in [0.1, 0.15) is 61.0 Å². The van der Waals surface area contributed by atoms with Crippen LogP contribution in [-0.2, 0) is 47.4 Å². The van der Waals surface area contributed by atoms with Crippen molar-refractivity contribution >= 4 is 0 Å². The monoisotopic (exact) mass is 486 g/mol. The van der Waals surface area contributed by atoms with Crippen molar-refractivity contribution in [1.29, 1.82) is 0 Å². The maximum absolute atomic E-state index is 6.62. The van der Waals surface area contributed by atoms with Gasteiger partial charge in [-0.2, -0.15) is 0 Å². The molecule has 0 N–H and O–H groups in total. The van der Waals surface area contributed by atoms with Gasteiger partial charge in [-0.25, -0.2) is 0 Å². The predicted molar refractivity (Wildman–Crippen MR) is 115 cm³/mol. The summed E-state index contributed by atoms with van der Waals surface area (Å²) in [6, 6.07) is 0. The smallest absolute Gasteiger partial charge is 0.164 e. The van der Waals surface area contributed by atoms with Crippen LogP contribution < -0.4 is 0 Å². The number of hydrogen-bond acceptors (Lipinski definition) is 10. The molecule has 0 amide bonds. The van der Waals surface area contributed by atoms with Gasteiger partial charge in [0, 0.05) is 0 Å². The molecule has 6 fully saturated rings. The normalized spacial score (nSPS) is 52.2. The molecule has 0 aliphatic carbocycles. The van der Waals surface area contributed by atoms with Crippen molar-refractivity contribution in [3.05, 3.63) is 0 Å². The van der Waals surface area contributed by atoms with Gasteiger partial charge in [0.15, 0.2) is 23.1 Å². The molecular weight excluding hydrogens is 448 g/mol. The van der Waals surface area contributed by atoms with Crippen LogP contribution in [-0.4, -0.2) is 97.4 Å². The summed E-state index contributed by atoms with van der Waals surface area (Å²) in [4.78, 5) is 0. The van der Waals surface area contributed by atoms with Crippen LogP contribution in [0, 0.1) is 0 Å². The van der Waals surface area contributed by atoms with Crippen molar-refractivity contribution < 1.29 is 47.4 Å². The van der Waals surface area contributed by atoms with Crippen LogP contribution >= 0.6 is 0 Å². The molecule has 0 saturated carbocycles. The van der Waals surface area contributed by atoms with E-state index in [4.69, 9.17) is 47.4 Å². The average molecular weight is 487 g/mol. The largest absolute Gasteiger partial charge is 0.364 e. The lowest BCUT2D eigenvalue weighted by Gasteiger charge is -2.31. The Balaban J connectivity index is 1.28. The Morgan fingerprint density at radius 1 is 0.382 bits per heavy atom. The van der Waals surface area contributed by atoms with E-state index in [-0.39, 0.29) is 48.8 Å². The number of hydrogen-bond donors (Lipinski definition) is 0. The molecule has 6 saturated heterocycles. The first kappa shape index (κ1) is 24.0. The Morgan fingerprint density at radius 3 is 1.00 bits per heavy atom. The van der Waals surface area contributed by atoms with E-state index < -0.39 is 35.4 Å². The summed E-state index contributed by atoms with van der Waals surface area (Å²) >= 11 is 0. The molecule has 34 heavy (non-hydrogen) atoms. The molecule has 6 aliphatic heterocycles. The second-order valence-electron chi connectivity index (χ2n) is 12.0. The van der Waals surface area contributed by atoms with Gasteiger partial charge in [-0.15, -0.1) is 0 Å². The topological polar surface area (TPSA) is 92.3 Å². The summed E-state index contributed by atoms with van der Waals surface area (Å²) < 4.78 is 62.5. The molecule has 10 nitrogen and oxygen atoms in total. The van der Waals surface area contributed by atoms with Gasteiger partial charge in [-0.05, 0) is 55.4 Å². The Bertz CT molecular complexity index is 746. The van der Waals surface area contributed by atoms with Crippen LogP contribution in [0.2, 0.25) is 0 Å². The van der Waals surface area contributed by atoms with E-state index in [1.807, 2.05) is 55.4 Å². The number of rotatable bonds is 3. The third-order valence-corrected chi connectivity index (χ3v) is 7.37. The Hall–Kier alpha value is -0.400. The van der Waals surface area contributed by atoms with Gasteiger partial charge in [0.25, 0.3) is 0 Å². The lowest BCUT2D eigenvalue weighted by molar-refractivity contribution is -0.241. The predicted octanol–water partition coefficient (Wildman–Crippen LogP) is 1.86. The Morgan fingerprint density at radius 2 is 0.706 bits per heavy atom. The number of fused-ring (bicyclic) bond motifs is 2. The zero-order valence-electron chi connectivity index (χ0n) is 21.3. The maximum Gasteiger partial charge on any atom is 0.164 e. The minimum Gasteiger partial charge on any atom is -0.364 e. The molecule has 6 aliphatic rings. The lowest BCUT2D eigenvalue weighted by Crippen LogP contribution is -2.45. The molecule has 10 atom stereocenters. The molecule has 0 aromatic heterocycles. The molecule has 1 unspecified atom stereocenters. The van der Waals surface area contributed by atoms with Gasteiger partial charge < -0.3 is 47.4 Å². The van der Waals surface area contributed by atoms with Crippen molar-refractivity contribution in [1.82, 2.24) is 0 Å². The summed E-state index contributed by atoms with van der Waals surface area (Å²) in [6.45, 7) is 16.1. The van der Waals surface area contributed by atoms with E-state index >= 15 is 0 Å². The third kappa shape index (κ3) is 4.04. The van der Waals surface area contributed by atoms with E-state index in [2.05, 4.69) is 0 Å². The fourth-order valence-electron chi connectivity index (χ4n) is 6.21. The zero-order chi connectivity index (χ0) is 24.3. The summed E-state index contributed by atoms with van der Waals surface area (Å²) in [5.41, 5.74) is 0. The minimum atomic E-state index is -0.749. The van der Waals surface area contributed by atoms with E-state index in [9.17, 15) is 0 Å². The third-order valence-electron chi connectivity index (χ3n) is 7.37. The van der Waals surface area contributed by atoms with E-state index in [1.54, 1.807) is 0 Å². The summed E-state index contributed by atoms with van der Waals surface area (Å²) in [5, 5.41) is 0. The highest BCUT2D eigenvalue weighted by Gasteiger charge is 2.67. The minimum absolute atomic E-state index is 0.275. The summed E-state index contributed by atoms with van der Waals surface area (Å²) in [6.07, 6.45) is -3.47. The van der Waals surface area contributed by atoms with Gasteiger partial charge >= 0.3 is 0 Å². The molecular formula is C24H38O10. The highest BCUT2D eigenvalue weighted by molar-refractivity contribution is 5.11. The van der Waals surface area contributed by atoms with E-state index in [0.29, 0.717) is 13.2 Å². The average Bonchev–Trinajstić information content (AvgIpc) is 3.48. The first-order valence-electron chi connectivity index (χ1n) is 12.4. The molecule has 10 heteroatoms. The van der Waals surface area contributed by atoms with Crippen LogP contribution in [0.1, 0.15) is 55.4 Å². The van der Waals surface area contributed by atoms with Crippen molar-refractivity contribution in [2.75, 3.05) is 13.2 Å². The summed E-state index contributed by atoms with van der Waals surface area (Å²) in [7, 11) is 0. The Kier molecular flexibility index (Phi) is 5.33. The second kappa shape index (κ2) is 7.56. The molecule has 0 bridgehead atoms. The van der Waals surface area contributed by atoms with Crippen molar-refractivity contribution in [3.8, 4) is 0 Å². The first-order valence-corrected chi connectivity index (χ1v) is 12.4. The number of ether oxygens (including phenoxy) is 10. The van der Waals surface area contributed by atoms with Crippen LogP contribution in [0.15, 0.2) is 0 Å². The fourth-order valence-corrected chi connectivity index (χ4v) is 6.21. The highest BCUT2D eigenvalue weighted by atomic mass is 16.8. The first-order chi connectivity index (χ1) is 15.7. The van der Waals surface area contributed by atoms with Crippen LogP contribution in [0.5, 0.6) is 0 Å². The Labute approximate surface area is 200 Å². The molecule has 0 radical (unpaired) electrons. The van der Waals surface area contributed by atoms with Crippen molar-refractivity contribution in [2.45, 2.75) is 140 Å². The fraction of sp³-hybridized carbons (Fsp3) is 1.00. The van der Waals surface area contributed by atoms with Gasteiger partial charge in [-0.1, -0.05) is 0 Å². The van der Waals surface area contributed by atoms with Gasteiger partial charge in [0.2, 0.25) is 0 Å². The maximum atomic E-state index is 6.62. The van der Waals surface area contributed by atoms with Gasteiger partial charge in [0.05, 0.1) is 13.2 Å². The van der Waals surface area contributed by atoms with Crippen molar-refractivity contribution in [3.63, 3.8) is 0 Å². The van der Waals surface area contributed by atoms with Crippen LogP contribution in [0.3, 0.4) is 0 Å². The molecule has 6 heterocycles. The highest BCUT2D eigenvalue weighted by Crippen LogP contribution is 2.49. The standard InChI is InChI=1S/C24H38O10/c1-21(2)25-9-11(29-21)13-17-19(33-23(5,6)31-17)15(27-13)16-20-18(32-24(7,8)34-20)14(28-16)12-10-26-22(3,4)30-12/h11-20H,9-10H2,1-8H3/t11-,12-,13+,14?,15+,16+,17-,18-,19+,20+/m1/s1. The zero-order valence-corrected chi connectivity index (χ0v) is 21.3. The van der Waals surface area contributed by atoms with E-state index in [1.165, 1.54) is 0 Å². The quantitative estimate of drug-likeness (QED) is 0.589. The van der Waals surface area contributed by atoms with E-state index in [0.717, 1.165) is 0 Å². The summed E-state index contributed by atoms with van der Waals surface area (Å²) in [5.74, 6) is -2.84. The second-order valence-corrected chi connectivity index (χ2v) is 12.0. The molecule has 6 rings (SSSR count). The molecule has 0 spiro atoms. The SMILES string of the molecule is CC1(C)O[C@H]2[C@H]([C@@H]3OC([C@H]4COC(C)(C)O4)[C@H]4OC(C)(C)O[C@@H]34)O[C@@H]([C@H]3COC(C)(C)O3)[C@H]2O1. The lowest BCUT2D eigenvalue weighted by atomic mass is 9.97. The van der Waals surface area contributed by atoms with Crippen LogP contribution in [0.25, 0.3) is 0 Å². The van der Waals surface area contributed by atoms with Crippen molar-refractivity contribution in [2.24, 2.45) is 0 Å². The van der Waals surface area contributed by atoms with Crippen LogP contribution in [0.4, 0.5) is 0 Å².